The summed E-state index contributed by atoms with van der Waals surface area (Å²) in [5, 5.41) is 1.91. The van der Waals surface area contributed by atoms with Crippen molar-refractivity contribution in [2.45, 2.75) is 233 Å². The third-order valence-electron chi connectivity index (χ3n) is 15.3. The summed E-state index contributed by atoms with van der Waals surface area (Å²) in [5.74, 6) is 3.06. The Hall–Kier alpha value is -0.180. The minimum absolute atomic E-state index is 1.04. The Kier molecular flexibility index (Phi) is 13.0. The first-order chi connectivity index (χ1) is 23.3. The van der Waals surface area contributed by atoms with Crippen LogP contribution in [0.2, 0.25) is 0 Å². The van der Waals surface area contributed by atoms with E-state index in [2.05, 4.69) is 36.2 Å². The highest BCUT2D eigenvalue weighted by atomic mass is 31.2. The molecule has 0 spiro atoms. The minimum atomic E-state index is -1.22. The third-order valence-corrected chi connectivity index (χ3v) is 27.7. The largest absolute Gasteiger partial charge is 0.0948 e. The van der Waals surface area contributed by atoms with Gasteiger partial charge in [-0.05, 0) is 184 Å². The van der Waals surface area contributed by atoms with Gasteiger partial charge in [-0.25, -0.2) is 0 Å². The first-order valence-electron chi connectivity index (χ1n) is 21.8. The third kappa shape index (κ3) is 7.71. The summed E-state index contributed by atoms with van der Waals surface area (Å²) in [7, 11) is -2.34. The van der Waals surface area contributed by atoms with Gasteiger partial charge < -0.3 is 0 Å². The minimum Gasteiger partial charge on any atom is -0.0548 e. The van der Waals surface area contributed by atoms with E-state index in [9.17, 15) is 0 Å². The molecule has 0 nitrogen and oxygen atoms in total. The molecule has 7 rings (SSSR count). The quantitative estimate of drug-likeness (QED) is 0.216. The van der Waals surface area contributed by atoms with E-state index in [0.29, 0.717) is 0 Å². The Morgan fingerprint density at radius 3 is 1.00 bits per heavy atom. The predicted molar refractivity (Wildman–Crippen MR) is 214 cm³/mol. The van der Waals surface area contributed by atoms with Crippen LogP contribution in [0.3, 0.4) is 0 Å². The molecule has 0 bridgehead atoms. The molecule has 0 radical (unpaired) electrons. The second-order valence-electron chi connectivity index (χ2n) is 17.7. The highest BCUT2D eigenvalue weighted by molar-refractivity contribution is 7.84. The van der Waals surface area contributed by atoms with Crippen LogP contribution >= 0.6 is 14.5 Å². The maximum Gasteiger partial charge on any atom is 0.0948 e. The predicted octanol–water partition coefficient (Wildman–Crippen LogP) is 14.4. The molecule has 1 aromatic rings. The van der Waals surface area contributed by atoms with E-state index in [1.807, 2.05) is 5.30 Å². The number of benzene rings is 1. The van der Waals surface area contributed by atoms with Gasteiger partial charge in [0.25, 0.3) is 0 Å². The van der Waals surface area contributed by atoms with Crippen LogP contribution in [0.15, 0.2) is 36.2 Å². The zero-order valence-corrected chi connectivity index (χ0v) is 32.5. The van der Waals surface area contributed by atoms with E-state index >= 15 is 0 Å². The second kappa shape index (κ2) is 17.4. The fourth-order valence-corrected chi connectivity index (χ4v) is 27.3. The van der Waals surface area contributed by atoms with Gasteiger partial charge in [0.1, 0.15) is 0 Å². The first kappa shape index (κ1) is 35.2. The van der Waals surface area contributed by atoms with Crippen LogP contribution in [0.5, 0.6) is 0 Å². The first-order valence-corrected chi connectivity index (χ1v) is 25.9. The molecule has 0 N–H and O–H groups in total. The van der Waals surface area contributed by atoms with Gasteiger partial charge >= 0.3 is 0 Å². The van der Waals surface area contributed by atoms with Gasteiger partial charge in [-0.3, -0.25) is 0 Å². The molecule has 0 atom stereocenters. The Balaban J connectivity index is 1.18. The monoisotopic (exact) mass is 677 g/mol. The maximum atomic E-state index is 3.06. The van der Waals surface area contributed by atoms with Gasteiger partial charge in [0.15, 0.2) is 0 Å². The van der Waals surface area contributed by atoms with Crippen LogP contribution in [0.1, 0.15) is 198 Å². The van der Waals surface area contributed by atoms with Crippen molar-refractivity contribution in [2.75, 3.05) is 0 Å². The highest BCUT2D eigenvalue weighted by Crippen LogP contribution is 2.79. The van der Waals surface area contributed by atoms with Crippen LogP contribution in [-0.4, -0.2) is 34.0 Å². The van der Waals surface area contributed by atoms with E-state index in [1.165, 1.54) is 122 Å². The molecule has 2 heteroatoms. The molecule has 6 aliphatic rings. The number of hydrogen-bond acceptors (Lipinski definition) is 0. The van der Waals surface area contributed by atoms with E-state index in [-0.39, 0.29) is 0 Å². The standard InChI is InChI=1S/C45H74P2/c1-7-21-39(22-8-1)46(40-23-9-2-10-24-40,41-25-11-3-12-26-41)37-19-20-38-33-35-45(36-34-38)47(42-27-13-4-14-28-42,43-29-15-5-16-30-43)44-31-17-6-18-32-44/h19,33-37,39-44H,1-18,20-32H2/q+2. The van der Waals surface area contributed by atoms with Crippen molar-refractivity contribution < 1.29 is 0 Å². The lowest BCUT2D eigenvalue weighted by atomic mass is 9.99. The summed E-state index contributed by atoms with van der Waals surface area (Å²) in [6, 6.07) is 10.9. The summed E-state index contributed by atoms with van der Waals surface area (Å²) >= 11 is 0. The van der Waals surface area contributed by atoms with E-state index in [4.69, 9.17) is 0 Å². The van der Waals surface area contributed by atoms with Crippen LogP contribution in [0.25, 0.3) is 0 Å². The molecular weight excluding hydrogens is 602 g/mol. The molecule has 6 saturated carbocycles. The Labute approximate surface area is 293 Å². The van der Waals surface area contributed by atoms with Gasteiger partial charge in [0.05, 0.1) is 52.3 Å². The Morgan fingerprint density at radius 1 is 0.383 bits per heavy atom. The average Bonchev–Trinajstić information content (AvgIpc) is 3.17. The SMILES string of the molecule is C(=C[P+](C1CCCCC1)(C1CCCCC1)C1CCCCC1)Cc1ccc([P+](C2CCCCC2)(C2CCCCC2)C2CCCCC2)cc1. The highest BCUT2D eigenvalue weighted by Gasteiger charge is 2.59. The molecule has 0 amide bonds. The number of allylic oxidation sites excluding steroid dienone is 1. The molecule has 6 aliphatic carbocycles. The Morgan fingerprint density at radius 2 is 0.681 bits per heavy atom. The molecular formula is C45H74P2+2. The average molecular weight is 677 g/mol. The molecule has 0 aliphatic heterocycles. The van der Waals surface area contributed by atoms with E-state index in [1.54, 1.807) is 82.6 Å². The summed E-state index contributed by atoms with van der Waals surface area (Å²) in [6.07, 6.45) is 50.0. The van der Waals surface area contributed by atoms with Gasteiger partial charge in [-0.15, -0.1) is 0 Å². The lowest BCUT2D eigenvalue weighted by Crippen LogP contribution is -2.41. The Bertz CT molecular complexity index is 976. The molecule has 262 valence electrons. The molecule has 1 aromatic carbocycles. The molecule has 0 heterocycles. The molecule has 47 heavy (non-hydrogen) atoms. The van der Waals surface area contributed by atoms with Crippen LogP contribution in [0.4, 0.5) is 0 Å². The van der Waals surface area contributed by atoms with Crippen LogP contribution in [0, 0.1) is 0 Å². The van der Waals surface area contributed by atoms with Gasteiger partial charge in [0, 0.05) is 7.26 Å². The van der Waals surface area contributed by atoms with Crippen molar-refractivity contribution in [2.24, 2.45) is 0 Å². The summed E-state index contributed by atoms with van der Waals surface area (Å²) in [4.78, 5) is 0. The lowest BCUT2D eigenvalue weighted by Gasteiger charge is -2.48. The lowest BCUT2D eigenvalue weighted by molar-refractivity contribution is 0.454. The topological polar surface area (TPSA) is 0 Å². The van der Waals surface area contributed by atoms with Gasteiger partial charge in [0.2, 0.25) is 0 Å². The molecule has 6 fully saturated rings. The number of rotatable bonds is 10. The van der Waals surface area contributed by atoms with Crippen LogP contribution < -0.4 is 5.30 Å². The zero-order valence-electron chi connectivity index (χ0n) is 30.7. The molecule has 0 aromatic heterocycles. The van der Waals surface area contributed by atoms with E-state index in [0.717, 1.165) is 34.0 Å². The molecule has 0 unspecified atom stereocenters. The fraction of sp³-hybridized carbons (Fsp3) is 0.822. The van der Waals surface area contributed by atoms with Crippen molar-refractivity contribution >= 4 is 19.8 Å². The van der Waals surface area contributed by atoms with Gasteiger partial charge in [-0.1, -0.05) is 50.7 Å². The van der Waals surface area contributed by atoms with E-state index < -0.39 is 14.5 Å². The summed E-state index contributed by atoms with van der Waals surface area (Å²) in [5.41, 5.74) is 7.93. The van der Waals surface area contributed by atoms with Crippen molar-refractivity contribution in [3.8, 4) is 0 Å². The summed E-state index contributed by atoms with van der Waals surface area (Å²) in [6.45, 7) is 0. The van der Waals surface area contributed by atoms with Crippen molar-refractivity contribution in [1.82, 2.24) is 0 Å². The van der Waals surface area contributed by atoms with Crippen LogP contribution in [-0.2, 0) is 6.42 Å². The fourth-order valence-electron chi connectivity index (χ4n) is 13.2. The van der Waals surface area contributed by atoms with Crippen molar-refractivity contribution in [3.05, 3.63) is 41.7 Å². The second-order valence-corrected chi connectivity index (χ2v) is 26.4. The summed E-state index contributed by atoms with van der Waals surface area (Å²) < 4.78 is 0. The smallest absolute Gasteiger partial charge is 0.0548 e. The normalized spacial score (nSPS) is 26.6. The van der Waals surface area contributed by atoms with Crippen molar-refractivity contribution in [1.29, 1.82) is 0 Å². The van der Waals surface area contributed by atoms with Gasteiger partial charge in [-0.2, -0.15) is 0 Å². The molecule has 0 saturated heterocycles. The number of hydrogen-bond donors (Lipinski definition) is 0. The maximum absolute atomic E-state index is 3.06. The zero-order chi connectivity index (χ0) is 31.8. The van der Waals surface area contributed by atoms with Crippen molar-refractivity contribution in [3.63, 3.8) is 0 Å².